The molecule has 0 unspecified atom stereocenters. The van der Waals surface area contributed by atoms with Gasteiger partial charge in [0.2, 0.25) is 6.29 Å². The molecule has 0 aromatic heterocycles. The summed E-state index contributed by atoms with van der Waals surface area (Å²) in [6.07, 6.45) is -6.83. The van der Waals surface area contributed by atoms with Crippen LogP contribution in [0.5, 0.6) is 5.75 Å². The molecule has 1 aromatic carbocycles. The molecule has 0 radical (unpaired) electrons. The van der Waals surface area contributed by atoms with Gasteiger partial charge in [-0.05, 0) is 30.3 Å². The Morgan fingerprint density at radius 1 is 1.06 bits per heavy atom. The maximum atomic E-state index is 12.8. The Labute approximate surface area is 200 Å². The molecular formula is C23H28O12. The molecule has 11 atom stereocenters. The van der Waals surface area contributed by atoms with Crippen LogP contribution in [0, 0.1) is 11.8 Å². The predicted molar refractivity (Wildman–Crippen MR) is 113 cm³/mol. The zero-order valence-electron chi connectivity index (χ0n) is 18.7. The lowest BCUT2D eigenvalue weighted by molar-refractivity contribution is -0.344. The second-order valence-electron chi connectivity index (χ2n) is 9.02. The van der Waals surface area contributed by atoms with E-state index < -0.39 is 85.8 Å². The number of epoxide rings is 1. The van der Waals surface area contributed by atoms with Crippen LogP contribution in [0.1, 0.15) is 10.4 Å². The van der Waals surface area contributed by atoms with E-state index in [-0.39, 0.29) is 0 Å². The monoisotopic (exact) mass is 496 g/mol. The molecule has 1 aliphatic carbocycles. The van der Waals surface area contributed by atoms with Gasteiger partial charge in [0.1, 0.15) is 48.0 Å². The van der Waals surface area contributed by atoms with Gasteiger partial charge in [-0.1, -0.05) is 0 Å². The fourth-order valence-electron chi connectivity index (χ4n) is 5.21. The van der Waals surface area contributed by atoms with Gasteiger partial charge in [0.15, 0.2) is 6.29 Å². The van der Waals surface area contributed by atoms with Crippen LogP contribution in [0.2, 0.25) is 0 Å². The quantitative estimate of drug-likeness (QED) is 0.214. The Morgan fingerprint density at radius 3 is 2.46 bits per heavy atom. The molecule has 12 heteroatoms. The molecule has 0 spiro atoms. The van der Waals surface area contributed by atoms with E-state index in [9.17, 15) is 30.3 Å². The van der Waals surface area contributed by atoms with Crippen LogP contribution < -0.4 is 4.74 Å². The topological polar surface area (TPSA) is 177 Å². The summed E-state index contributed by atoms with van der Waals surface area (Å²) < 4.78 is 33.6. The van der Waals surface area contributed by atoms with Crippen molar-refractivity contribution in [3.63, 3.8) is 0 Å². The molecule has 192 valence electrons. The second kappa shape index (κ2) is 9.30. The van der Waals surface area contributed by atoms with Crippen LogP contribution in [0.3, 0.4) is 0 Å². The predicted octanol–water partition coefficient (Wildman–Crippen LogP) is -1.72. The normalized spacial score (nSPS) is 43.6. The highest BCUT2D eigenvalue weighted by Crippen LogP contribution is 2.60. The van der Waals surface area contributed by atoms with Crippen LogP contribution in [0.15, 0.2) is 36.6 Å². The minimum Gasteiger partial charge on any atom is -0.497 e. The van der Waals surface area contributed by atoms with Crippen molar-refractivity contribution in [2.24, 2.45) is 11.8 Å². The van der Waals surface area contributed by atoms with Crippen molar-refractivity contribution in [1.29, 1.82) is 0 Å². The van der Waals surface area contributed by atoms with E-state index in [2.05, 4.69) is 0 Å². The fourth-order valence-corrected chi connectivity index (χ4v) is 5.21. The molecule has 5 rings (SSSR count). The number of methoxy groups -OCH3 is 1. The van der Waals surface area contributed by atoms with E-state index in [4.69, 9.17) is 28.4 Å². The van der Waals surface area contributed by atoms with E-state index >= 15 is 0 Å². The molecule has 1 aromatic rings. The molecule has 3 aliphatic heterocycles. The van der Waals surface area contributed by atoms with Crippen molar-refractivity contribution in [2.45, 2.75) is 54.8 Å². The van der Waals surface area contributed by atoms with Gasteiger partial charge < -0.3 is 54.0 Å². The fraction of sp³-hybridized carbons (Fsp3) is 0.609. The minimum absolute atomic E-state index is 0.314. The van der Waals surface area contributed by atoms with Crippen molar-refractivity contribution in [3.05, 3.63) is 42.2 Å². The number of aliphatic hydroxyl groups is 5. The average molecular weight is 496 g/mol. The standard InChI is InChI=1S/C23H28O12/c1-30-11-4-2-10(3-5-11)20(29)33-18-12-6-7-31-21(14(12)23(9-25)19(18)35-23)34-22-17(28)16(27)15(26)13(8-24)32-22/h2-7,12-19,21-22,24-28H,8-9H2,1H3/t12-,13+,14+,15+,16-,17+,18+,19-,21-,22+,23-/m0/s1. The Hall–Kier alpha value is -2.29. The molecule has 3 heterocycles. The highest BCUT2D eigenvalue weighted by Gasteiger charge is 2.77. The lowest BCUT2D eigenvalue weighted by Gasteiger charge is -2.43. The van der Waals surface area contributed by atoms with Crippen molar-refractivity contribution in [2.75, 3.05) is 20.3 Å². The number of aliphatic hydroxyl groups excluding tert-OH is 5. The Kier molecular flexibility index (Phi) is 6.48. The van der Waals surface area contributed by atoms with E-state index in [0.717, 1.165) is 0 Å². The zero-order valence-corrected chi connectivity index (χ0v) is 18.7. The number of ether oxygens (including phenoxy) is 6. The van der Waals surface area contributed by atoms with Gasteiger partial charge in [0.05, 0.1) is 38.1 Å². The summed E-state index contributed by atoms with van der Waals surface area (Å²) in [6.45, 7) is -1.02. The highest BCUT2D eigenvalue weighted by molar-refractivity contribution is 5.89. The van der Waals surface area contributed by atoms with Gasteiger partial charge in [-0.2, -0.15) is 0 Å². The summed E-state index contributed by atoms with van der Waals surface area (Å²) in [5, 5.41) is 50.0. The first-order chi connectivity index (χ1) is 16.8. The van der Waals surface area contributed by atoms with E-state index in [0.29, 0.717) is 11.3 Å². The lowest BCUT2D eigenvalue weighted by Crippen LogP contribution is -2.60. The smallest absolute Gasteiger partial charge is 0.338 e. The number of hydrogen-bond donors (Lipinski definition) is 5. The number of fused-ring (bicyclic) bond motifs is 3. The van der Waals surface area contributed by atoms with Gasteiger partial charge >= 0.3 is 5.97 Å². The Bertz CT molecular complexity index is 950. The number of carbonyl (C=O) groups is 1. The van der Waals surface area contributed by atoms with Crippen LogP contribution in [0.25, 0.3) is 0 Å². The Morgan fingerprint density at radius 2 is 1.80 bits per heavy atom. The first-order valence-electron chi connectivity index (χ1n) is 11.3. The summed E-state index contributed by atoms with van der Waals surface area (Å²) >= 11 is 0. The van der Waals surface area contributed by atoms with Gasteiger partial charge in [-0.3, -0.25) is 0 Å². The molecule has 0 bridgehead atoms. The summed E-state index contributed by atoms with van der Waals surface area (Å²) in [4.78, 5) is 12.8. The lowest BCUT2D eigenvalue weighted by atomic mass is 9.85. The van der Waals surface area contributed by atoms with Crippen molar-refractivity contribution in [3.8, 4) is 5.75 Å². The number of carbonyl (C=O) groups excluding carboxylic acids is 1. The third-order valence-corrected chi connectivity index (χ3v) is 7.17. The molecule has 3 fully saturated rings. The summed E-state index contributed by atoms with van der Waals surface area (Å²) in [5.41, 5.74) is -0.798. The molecule has 5 N–H and O–H groups in total. The molecular weight excluding hydrogens is 468 g/mol. The first kappa shape index (κ1) is 24.4. The van der Waals surface area contributed by atoms with Crippen LogP contribution >= 0.6 is 0 Å². The van der Waals surface area contributed by atoms with Gasteiger partial charge in [0, 0.05) is 5.92 Å². The maximum absolute atomic E-state index is 12.8. The van der Waals surface area contributed by atoms with Gasteiger partial charge in [-0.25, -0.2) is 4.79 Å². The molecule has 0 amide bonds. The Balaban J connectivity index is 1.33. The number of rotatable bonds is 7. The highest BCUT2D eigenvalue weighted by atomic mass is 16.8. The van der Waals surface area contributed by atoms with Crippen molar-refractivity contribution < 1.29 is 58.7 Å². The van der Waals surface area contributed by atoms with E-state index in [1.165, 1.54) is 13.4 Å². The van der Waals surface area contributed by atoms with Gasteiger partial charge in [-0.15, -0.1) is 0 Å². The van der Waals surface area contributed by atoms with E-state index in [1.807, 2.05) is 0 Å². The molecule has 12 nitrogen and oxygen atoms in total. The van der Waals surface area contributed by atoms with Crippen LogP contribution in [-0.4, -0.2) is 107 Å². The third-order valence-electron chi connectivity index (χ3n) is 7.17. The second-order valence-corrected chi connectivity index (χ2v) is 9.02. The molecule has 35 heavy (non-hydrogen) atoms. The SMILES string of the molecule is COc1ccc(C(=O)O[C@@H]2[C@H]3C=CO[C@@H](O[C@H]4O[C@H](CO)[C@@H](O)[C@H](O)[C@H]4O)[C@@H]3[C@]3(CO)O[C@@H]23)cc1. The first-order valence-corrected chi connectivity index (χ1v) is 11.3. The molecule has 1 saturated carbocycles. The average Bonchev–Trinajstić information content (AvgIpc) is 3.56. The van der Waals surface area contributed by atoms with Crippen LogP contribution in [0.4, 0.5) is 0 Å². The van der Waals surface area contributed by atoms with Crippen LogP contribution in [-0.2, 0) is 23.7 Å². The zero-order chi connectivity index (χ0) is 24.9. The third kappa shape index (κ3) is 3.99. The van der Waals surface area contributed by atoms with Crippen molar-refractivity contribution >= 4 is 5.97 Å². The summed E-state index contributed by atoms with van der Waals surface area (Å²) in [7, 11) is 1.52. The van der Waals surface area contributed by atoms with Crippen molar-refractivity contribution in [1.82, 2.24) is 0 Å². The number of benzene rings is 1. The maximum Gasteiger partial charge on any atom is 0.338 e. The number of esters is 1. The summed E-state index contributed by atoms with van der Waals surface area (Å²) in [6, 6.07) is 6.42. The van der Waals surface area contributed by atoms with Gasteiger partial charge in [0.25, 0.3) is 0 Å². The minimum atomic E-state index is -1.63. The number of hydrogen-bond acceptors (Lipinski definition) is 12. The molecule has 2 saturated heterocycles. The van der Waals surface area contributed by atoms with E-state index in [1.54, 1.807) is 30.3 Å². The molecule has 4 aliphatic rings. The largest absolute Gasteiger partial charge is 0.497 e. The summed E-state index contributed by atoms with van der Waals surface area (Å²) in [5.74, 6) is -1.09.